The van der Waals surface area contributed by atoms with Gasteiger partial charge in [-0.05, 0) is 38.1 Å². The van der Waals surface area contributed by atoms with Crippen molar-refractivity contribution >= 4 is 11.1 Å². The van der Waals surface area contributed by atoms with E-state index >= 15 is 17.6 Å². The third kappa shape index (κ3) is 3.18. The second-order valence-electron chi connectivity index (χ2n) is 8.22. The van der Waals surface area contributed by atoms with Gasteiger partial charge in [0.05, 0.1) is 28.1 Å². The number of oxazole rings is 2. The number of hydrogen-bond acceptors (Lipinski definition) is 5. The van der Waals surface area contributed by atoms with Gasteiger partial charge in [-0.2, -0.15) is 26.3 Å². The van der Waals surface area contributed by atoms with Crippen LogP contribution in [0.15, 0.2) is 63.4 Å². The summed E-state index contributed by atoms with van der Waals surface area (Å²) in [6, 6.07) is 13.5. The molecule has 36 heavy (non-hydrogen) atoms. The Hall–Kier alpha value is -4.02. The summed E-state index contributed by atoms with van der Waals surface area (Å²) in [5.41, 5.74) is -3.89. The third-order valence-electron chi connectivity index (χ3n) is 5.87. The Bertz CT molecular complexity index is 1510. The molecule has 0 saturated heterocycles. The van der Waals surface area contributed by atoms with Crippen molar-refractivity contribution in [3.8, 4) is 28.7 Å². The molecule has 11 heteroatoms. The average Bonchev–Trinajstić information content (AvgIpc) is 3.42. The molecule has 186 valence electrons. The zero-order valence-corrected chi connectivity index (χ0v) is 18.6. The van der Waals surface area contributed by atoms with Crippen molar-refractivity contribution in [2.45, 2.75) is 31.6 Å². The molecule has 0 spiro atoms. The molecule has 1 aliphatic carbocycles. The van der Waals surface area contributed by atoms with Gasteiger partial charge in [-0.3, -0.25) is 0 Å². The molecule has 0 radical (unpaired) electrons. The minimum atomic E-state index is -5.81. The van der Waals surface area contributed by atoms with Gasteiger partial charge in [-0.25, -0.2) is 9.97 Å². The van der Waals surface area contributed by atoms with Crippen molar-refractivity contribution in [2.24, 2.45) is 0 Å². The van der Waals surface area contributed by atoms with E-state index in [2.05, 4.69) is 9.97 Å². The molecule has 0 fully saturated rings. The zero-order valence-electron chi connectivity index (χ0n) is 18.6. The zero-order chi connectivity index (χ0) is 26.0. The molecule has 0 bridgehead atoms. The number of hydrogen-bond donors (Lipinski definition) is 1. The molecule has 1 N–H and O–H groups in total. The number of phenolic OH excluding ortho intramolecular Hbond substituents is 1. The first-order valence-corrected chi connectivity index (χ1v) is 10.6. The van der Waals surface area contributed by atoms with Crippen LogP contribution < -0.4 is 0 Å². The number of nitrogens with zero attached hydrogens (tertiary/aromatic N) is 2. The summed E-state index contributed by atoms with van der Waals surface area (Å²) in [5.74, 6) is -19.4. The van der Waals surface area contributed by atoms with Crippen molar-refractivity contribution in [1.29, 1.82) is 0 Å². The Labute approximate surface area is 199 Å². The Morgan fingerprint density at radius 1 is 0.667 bits per heavy atom. The number of para-hydroxylation sites is 1. The molecule has 2 aromatic carbocycles. The van der Waals surface area contributed by atoms with Crippen molar-refractivity contribution in [3.05, 3.63) is 77.5 Å². The van der Waals surface area contributed by atoms with Crippen LogP contribution in [0.1, 0.15) is 22.9 Å². The van der Waals surface area contributed by atoms with Gasteiger partial charge in [-0.15, -0.1) is 0 Å². The van der Waals surface area contributed by atoms with Crippen molar-refractivity contribution in [2.75, 3.05) is 0 Å². The lowest BCUT2D eigenvalue weighted by Gasteiger charge is -2.25. The number of allylic oxidation sites excluding steroid dienone is 2. The predicted molar refractivity (Wildman–Crippen MR) is 117 cm³/mol. The fraction of sp³-hybridized carbons (Fsp3) is 0.200. The van der Waals surface area contributed by atoms with E-state index in [0.29, 0.717) is 5.56 Å². The summed E-state index contributed by atoms with van der Waals surface area (Å²) in [4.78, 5) is 7.92. The topological polar surface area (TPSA) is 72.3 Å². The van der Waals surface area contributed by atoms with Gasteiger partial charge in [0.15, 0.2) is 11.5 Å². The molecule has 0 saturated carbocycles. The first kappa shape index (κ1) is 23.7. The maximum absolute atomic E-state index is 15.1. The van der Waals surface area contributed by atoms with Gasteiger partial charge < -0.3 is 13.9 Å². The van der Waals surface area contributed by atoms with Crippen molar-refractivity contribution < 1.29 is 40.3 Å². The fourth-order valence-corrected chi connectivity index (χ4v) is 4.07. The number of benzene rings is 2. The highest BCUT2D eigenvalue weighted by atomic mass is 19.3. The van der Waals surface area contributed by atoms with Gasteiger partial charge in [0, 0.05) is 5.56 Å². The van der Waals surface area contributed by atoms with E-state index < -0.39 is 46.3 Å². The number of aromatic nitrogens is 2. The van der Waals surface area contributed by atoms with Crippen LogP contribution in [0.3, 0.4) is 0 Å². The predicted octanol–water partition coefficient (Wildman–Crippen LogP) is 7.15. The second kappa shape index (κ2) is 7.74. The first-order valence-electron chi connectivity index (χ1n) is 10.6. The molecule has 5 nitrogen and oxygen atoms in total. The van der Waals surface area contributed by atoms with Crippen LogP contribution in [-0.4, -0.2) is 32.8 Å². The van der Waals surface area contributed by atoms with Crippen LogP contribution in [0.4, 0.5) is 26.3 Å². The molecular formula is C25H16F6N2O3. The van der Waals surface area contributed by atoms with Crippen molar-refractivity contribution in [3.63, 3.8) is 0 Å². The number of halogens is 6. The minimum absolute atomic E-state index is 0.0453. The van der Waals surface area contributed by atoms with E-state index in [1.165, 1.54) is 43.3 Å². The van der Waals surface area contributed by atoms with Crippen LogP contribution in [-0.2, 0) is 0 Å². The fourth-order valence-electron chi connectivity index (χ4n) is 4.07. The lowest BCUT2D eigenvalue weighted by atomic mass is 10.0. The number of aryl methyl sites for hydroxylation is 2. The summed E-state index contributed by atoms with van der Waals surface area (Å²) in [7, 11) is 0. The molecule has 1 aliphatic rings. The minimum Gasteiger partial charge on any atom is -0.507 e. The molecule has 5 rings (SSSR count). The highest BCUT2D eigenvalue weighted by Gasteiger charge is 2.81. The summed E-state index contributed by atoms with van der Waals surface area (Å²) in [5, 5.41) is 10.1. The highest BCUT2D eigenvalue weighted by Crippen LogP contribution is 2.65. The standard InChI is InChI=1S/C25H16F6N2O3/c1-12-19(35-21(32-12)14-8-4-3-5-9-14)17-18(24(28,29)25(30,31)23(17,26)27)20-13(2)33-22(36-20)15-10-6-7-11-16(15)34/h3-11,34H,1-2H3. The summed E-state index contributed by atoms with van der Waals surface area (Å²) < 4.78 is 101. The molecular weight excluding hydrogens is 490 g/mol. The summed E-state index contributed by atoms with van der Waals surface area (Å²) in [6.07, 6.45) is 0. The maximum atomic E-state index is 15.1. The van der Waals surface area contributed by atoms with Gasteiger partial charge in [-0.1, -0.05) is 30.3 Å². The van der Waals surface area contributed by atoms with Crippen LogP contribution in [0.5, 0.6) is 5.75 Å². The normalized spacial score (nSPS) is 18.1. The lowest BCUT2D eigenvalue weighted by Crippen LogP contribution is -2.48. The Morgan fingerprint density at radius 3 is 1.69 bits per heavy atom. The van der Waals surface area contributed by atoms with Gasteiger partial charge >= 0.3 is 17.8 Å². The van der Waals surface area contributed by atoms with Crippen molar-refractivity contribution in [1.82, 2.24) is 9.97 Å². The lowest BCUT2D eigenvalue weighted by molar-refractivity contribution is -0.254. The van der Waals surface area contributed by atoms with Crippen LogP contribution in [0.2, 0.25) is 0 Å². The van der Waals surface area contributed by atoms with E-state index in [1.807, 2.05) is 0 Å². The Morgan fingerprint density at radius 2 is 1.14 bits per heavy atom. The highest BCUT2D eigenvalue weighted by molar-refractivity contribution is 6.00. The SMILES string of the molecule is Cc1nc(-c2ccccc2)oc1C1=C(c2oc(-c3ccccc3O)nc2C)C(F)(F)C(F)(F)C1(F)F. The van der Waals surface area contributed by atoms with Crippen LogP contribution in [0.25, 0.3) is 34.1 Å². The van der Waals surface area contributed by atoms with Gasteiger partial charge in [0.25, 0.3) is 0 Å². The van der Waals surface area contributed by atoms with Crippen LogP contribution in [0, 0.1) is 13.8 Å². The smallest absolute Gasteiger partial charge is 0.380 e. The maximum Gasteiger partial charge on any atom is 0.380 e. The number of phenols is 1. The number of aromatic hydroxyl groups is 1. The second-order valence-corrected chi connectivity index (χ2v) is 8.22. The Kier molecular flexibility index (Phi) is 5.10. The number of rotatable bonds is 4. The molecule has 0 aliphatic heterocycles. The van der Waals surface area contributed by atoms with E-state index in [0.717, 1.165) is 6.92 Å². The Balaban J connectivity index is 1.79. The quantitative estimate of drug-likeness (QED) is 0.298. The van der Waals surface area contributed by atoms with E-state index in [4.69, 9.17) is 8.83 Å². The largest absolute Gasteiger partial charge is 0.507 e. The van der Waals surface area contributed by atoms with Crippen LogP contribution >= 0.6 is 0 Å². The number of alkyl halides is 6. The summed E-state index contributed by atoms with van der Waals surface area (Å²) in [6.45, 7) is 2.32. The molecule has 2 heterocycles. The molecule has 0 atom stereocenters. The summed E-state index contributed by atoms with van der Waals surface area (Å²) >= 11 is 0. The van der Waals surface area contributed by atoms with E-state index in [-0.39, 0.29) is 28.6 Å². The van der Waals surface area contributed by atoms with Gasteiger partial charge in [0.2, 0.25) is 11.8 Å². The first-order chi connectivity index (χ1) is 16.9. The molecule has 0 unspecified atom stereocenters. The monoisotopic (exact) mass is 506 g/mol. The molecule has 4 aromatic rings. The average molecular weight is 506 g/mol. The molecule has 2 aromatic heterocycles. The van der Waals surface area contributed by atoms with Gasteiger partial charge in [0.1, 0.15) is 5.75 Å². The van der Waals surface area contributed by atoms with E-state index in [9.17, 15) is 13.9 Å². The van der Waals surface area contributed by atoms with E-state index in [1.54, 1.807) is 18.2 Å². The third-order valence-corrected chi connectivity index (χ3v) is 5.87. The molecule has 0 amide bonds.